The van der Waals surface area contributed by atoms with Crippen LogP contribution in [-0.4, -0.2) is 11.9 Å². The van der Waals surface area contributed by atoms with Crippen molar-refractivity contribution in [2.75, 3.05) is 0 Å². The van der Waals surface area contributed by atoms with Gasteiger partial charge in [0.05, 0.1) is 0 Å². The van der Waals surface area contributed by atoms with E-state index in [-0.39, 0.29) is 5.41 Å². The van der Waals surface area contributed by atoms with Crippen molar-refractivity contribution in [2.24, 2.45) is 11.3 Å². The second kappa shape index (κ2) is 4.77. The first-order valence-electron chi connectivity index (χ1n) is 6.97. The second-order valence-electron chi connectivity index (χ2n) is 5.93. The first-order chi connectivity index (χ1) is 7.66. The molecule has 0 spiro atoms. The molecule has 0 aliphatic heterocycles. The van der Waals surface area contributed by atoms with Crippen LogP contribution in [0.25, 0.3) is 0 Å². The molecule has 2 atom stereocenters. The molecule has 2 aliphatic carbocycles. The predicted octanol–water partition coefficient (Wildman–Crippen LogP) is 3.26. The van der Waals surface area contributed by atoms with Gasteiger partial charge in [0.2, 0.25) is 5.91 Å². The molecule has 0 aromatic heterocycles. The highest BCUT2D eigenvalue weighted by Gasteiger charge is 2.40. The zero-order valence-corrected chi connectivity index (χ0v) is 10.7. The van der Waals surface area contributed by atoms with E-state index >= 15 is 0 Å². The first-order valence-corrected chi connectivity index (χ1v) is 6.97. The molecule has 2 rings (SSSR count). The number of nitrogens with one attached hydrogen (secondary N) is 1. The molecule has 2 nitrogen and oxygen atoms in total. The van der Waals surface area contributed by atoms with Crippen LogP contribution in [-0.2, 0) is 4.79 Å². The molecular weight excluding hydrogens is 198 g/mol. The highest BCUT2D eigenvalue weighted by Crippen LogP contribution is 2.41. The zero-order chi connectivity index (χ0) is 11.6. The van der Waals surface area contributed by atoms with E-state index in [0.29, 0.717) is 11.9 Å². The van der Waals surface area contributed by atoms with Gasteiger partial charge in [-0.25, -0.2) is 0 Å². The van der Waals surface area contributed by atoms with E-state index in [2.05, 4.69) is 19.2 Å². The van der Waals surface area contributed by atoms with Crippen LogP contribution in [0.4, 0.5) is 0 Å². The molecule has 92 valence electrons. The van der Waals surface area contributed by atoms with Crippen molar-refractivity contribution >= 4 is 5.91 Å². The van der Waals surface area contributed by atoms with Crippen LogP contribution in [0.15, 0.2) is 0 Å². The Morgan fingerprint density at radius 1 is 1.31 bits per heavy atom. The molecule has 1 N–H and O–H groups in total. The summed E-state index contributed by atoms with van der Waals surface area (Å²) in [6.07, 6.45) is 9.36. The molecular formula is C14H25NO. The fourth-order valence-electron chi connectivity index (χ4n) is 3.47. The second-order valence-corrected chi connectivity index (χ2v) is 5.93. The topological polar surface area (TPSA) is 29.1 Å². The van der Waals surface area contributed by atoms with E-state index in [1.165, 1.54) is 32.1 Å². The van der Waals surface area contributed by atoms with E-state index < -0.39 is 0 Å². The Hall–Kier alpha value is -0.530. The lowest BCUT2D eigenvalue weighted by atomic mass is 9.82. The van der Waals surface area contributed by atoms with Crippen LogP contribution in [0.3, 0.4) is 0 Å². The zero-order valence-electron chi connectivity index (χ0n) is 10.7. The molecule has 0 saturated heterocycles. The Labute approximate surface area is 99.2 Å². The summed E-state index contributed by atoms with van der Waals surface area (Å²) in [6, 6.07) is 0.464. The summed E-state index contributed by atoms with van der Waals surface area (Å²) in [5.41, 5.74) is -0.00811. The number of hydrogen-bond donors (Lipinski definition) is 1. The Bertz CT molecular complexity index is 255. The number of hydrogen-bond acceptors (Lipinski definition) is 1. The summed E-state index contributed by atoms with van der Waals surface area (Å²) in [6.45, 7) is 4.46. The number of rotatable bonds is 3. The molecule has 0 heterocycles. The van der Waals surface area contributed by atoms with Gasteiger partial charge in [-0.05, 0) is 44.4 Å². The molecule has 2 fully saturated rings. The average Bonchev–Trinajstić information content (AvgIpc) is 2.88. The Kier molecular flexibility index (Phi) is 3.56. The summed E-state index contributed by atoms with van der Waals surface area (Å²) in [5.74, 6) is 1.15. The van der Waals surface area contributed by atoms with Crippen molar-refractivity contribution in [3.05, 3.63) is 0 Å². The summed E-state index contributed by atoms with van der Waals surface area (Å²) in [4.78, 5) is 12.3. The Morgan fingerprint density at radius 3 is 2.50 bits per heavy atom. The van der Waals surface area contributed by atoms with Gasteiger partial charge in [0, 0.05) is 11.5 Å². The van der Waals surface area contributed by atoms with Gasteiger partial charge in [0.25, 0.3) is 0 Å². The maximum atomic E-state index is 12.3. The van der Waals surface area contributed by atoms with Gasteiger partial charge in [-0.1, -0.05) is 26.7 Å². The van der Waals surface area contributed by atoms with Crippen molar-refractivity contribution in [1.29, 1.82) is 0 Å². The van der Waals surface area contributed by atoms with Gasteiger partial charge >= 0.3 is 0 Å². The van der Waals surface area contributed by atoms with Crippen molar-refractivity contribution in [2.45, 2.75) is 71.3 Å². The SMILES string of the molecule is CCC1(C(=O)NC2CCC(C)C2)CCCC1. The standard InChI is InChI=1S/C14H25NO/c1-3-14(8-4-5-9-14)13(16)15-12-7-6-11(2)10-12/h11-12H,3-10H2,1-2H3,(H,15,16). The van der Waals surface area contributed by atoms with E-state index in [1.807, 2.05) is 0 Å². The Balaban J connectivity index is 1.91. The normalized spacial score (nSPS) is 32.9. The van der Waals surface area contributed by atoms with E-state index in [0.717, 1.165) is 25.2 Å². The lowest BCUT2D eigenvalue weighted by Gasteiger charge is -2.28. The molecule has 0 radical (unpaired) electrons. The molecule has 2 aliphatic rings. The minimum Gasteiger partial charge on any atom is -0.353 e. The van der Waals surface area contributed by atoms with Gasteiger partial charge in [0.15, 0.2) is 0 Å². The summed E-state index contributed by atoms with van der Waals surface area (Å²) >= 11 is 0. The first kappa shape index (κ1) is 11.9. The van der Waals surface area contributed by atoms with Crippen molar-refractivity contribution in [1.82, 2.24) is 5.32 Å². The van der Waals surface area contributed by atoms with Crippen LogP contribution in [0.2, 0.25) is 0 Å². The lowest BCUT2D eigenvalue weighted by molar-refractivity contribution is -0.131. The van der Waals surface area contributed by atoms with Crippen LogP contribution >= 0.6 is 0 Å². The summed E-state index contributed by atoms with van der Waals surface area (Å²) in [5, 5.41) is 3.30. The molecule has 2 saturated carbocycles. The third kappa shape index (κ3) is 2.26. The molecule has 0 bridgehead atoms. The monoisotopic (exact) mass is 223 g/mol. The average molecular weight is 223 g/mol. The number of carbonyl (C=O) groups excluding carboxylic acids is 1. The molecule has 2 heteroatoms. The lowest BCUT2D eigenvalue weighted by Crippen LogP contribution is -2.43. The van der Waals surface area contributed by atoms with Crippen molar-refractivity contribution < 1.29 is 4.79 Å². The maximum absolute atomic E-state index is 12.3. The van der Waals surface area contributed by atoms with Gasteiger partial charge in [0.1, 0.15) is 0 Å². The maximum Gasteiger partial charge on any atom is 0.226 e. The number of amides is 1. The van der Waals surface area contributed by atoms with E-state index in [4.69, 9.17) is 0 Å². The van der Waals surface area contributed by atoms with Crippen molar-refractivity contribution in [3.63, 3.8) is 0 Å². The smallest absolute Gasteiger partial charge is 0.226 e. The Morgan fingerprint density at radius 2 is 2.00 bits per heavy atom. The minimum atomic E-state index is -0.00811. The quantitative estimate of drug-likeness (QED) is 0.781. The minimum absolute atomic E-state index is 0.00811. The molecule has 0 aromatic rings. The van der Waals surface area contributed by atoms with Crippen LogP contribution in [0, 0.1) is 11.3 Å². The predicted molar refractivity (Wildman–Crippen MR) is 66.1 cm³/mol. The van der Waals surface area contributed by atoms with Crippen LogP contribution in [0.1, 0.15) is 65.2 Å². The third-order valence-corrected chi connectivity index (χ3v) is 4.75. The van der Waals surface area contributed by atoms with Crippen LogP contribution < -0.4 is 5.32 Å². The highest BCUT2D eigenvalue weighted by atomic mass is 16.2. The van der Waals surface area contributed by atoms with Gasteiger partial charge < -0.3 is 5.32 Å². The van der Waals surface area contributed by atoms with Crippen LogP contribution in [0.5, 0.6) is 0 Å². The third-order valence-electron chi connectivity index (χ3n) is 4.75. The molecule has 2 unspecified atom stereocenters. The van der Waals surface area contributed by atoms with E-state index in [9.17, 15) is 4.79 Å². The molecule has 0 aromatic carbocycles. The van der Waals surface area contributed by atoms with E-state index in [1.54, 1.807) is 0 Å². The van der Waals surface area contributed by atoms with Gasteiger partial charge in [-0.15, -0.1) is 0 Å². The summed E-state index contributed by atoms with van der Waals surface area (Å²) < 4.78 is 0. The summed E-state index contributed by atoms with van der Waals surface area (Å²) in [7, 11) is 0. The number of carbonyl (C=O) groups is 1. The fraction of sp³-hybridized carbons (Fsp3) is 0.929. The molecule has 1 amide bonds. The van der Waals surface area contributed by atoms with Crippen molar-refractivity contribution in [3.8, 4) is 0 Å². The largest absolute Gasteiger partial charge is 0.353 e. The highest BCUT2D eigenvalue weighted by molar-refractivity contribution is 5.83. The fourth-order valence-corrected chi connectivity index (χ4v) is 3.47. The molecule has 16 heavy (non-hydrogen) atoms. The van der Waals surface area contributed by atoms with Gasteiger partial charge in [-0.3, -0.25) is 4.79 Å². The van der Waals surface area contributed by atoms with Gasteiger partial charge in [-0.2, -0.15) is 0 Å².